The molecule has 6 nitrogen and oxygen atoms in total. The molecule has 1 heterocycles. The molecule has 0 saturated heterocycles. The highest BCUT2D eigenvalue weighted by Crippen LogP contribution is 2.46. The van der Waals surface area contributed by atoms with E-state index in [-0.39, 0.29) is 16.5 Å². The normalized spacial score (nSPS) is 17.3. The summed E-state index contributed by atoms with van der Waals surface area (Å²) in [5.74, 6) is -0.332. The highest BCUT2D eigenvalue weighted by Gasteiger charge is 2.46. The fourth-order valence-corrected chi connectivity index (χ4v) is 6.20. The van der Waals surface area contributed by atoms with Gasteiger partial charge in [0.05, 0.1) is 11.1 Å². The first kappa shape index (κ1) is 26.2. The van der Waals surface area contributed by atoms with Gasteiger partial charge in [-0.15, -0.1) is 5.10 Å². The number of hydrogen-bond acceptors (Lipinski definition) is 4. The molecule has 0 aliphatic heterocycles. The second kappa shape index (κ2) is 10.9. The standard InChI is InChI=1S/C37H28N4O2/c42-41(43)35-25-24-32(26-33(35)29-14-6-2-7-15-29)37(30-16-8-3-9-17-30,40-36-19-11-10-18-34(36)38-39-40)31-22-20-28(21-23-31)27-12-4-1-5-13-27/h1-26,32H,(H,42,43). The molecular formula is C37H28N4O2. The number of fused-ring (bicyclic) bond motifs is 1. The number of hydrogen-bond donors (Lipinski definition) is 1. The lowest BCUT2D eigenvalue weighted by Crippen LogP contribution is -2.44. The van der Waals surface area contributed by atoms with Crippen molar-refractivity contribution >= 4 is 22.3 Å². The van der Waals surface area contributed by atoms with Crippen molar-refractivity contribution in [3.8, 4) is 11.1 Å². The van der Waals surface area contributed by atoms with Gasteiger partial charge in [-0.05, 0) is 39.9 Å². The van der Waals surface area contributed by atoms with Crippen LogP contribution in [0.4, 0.5) is 0 Å². The molecular weight excluding hydrogens is 532 g/mol. The Morgan fingerprint density at radius 3 is 1.88 bits per heavy atom. The fourth-order valence-electron chi connectivity index (χ4n) is 6.20. The molecule has 1 aliphatic rings. The SMILES string of the molecule is [O-]/[N+](O)=C1/C=CC(C(c2ccccc2)(c2ccc(-c3ccccc3)cc2)n2nnc3ccccc32)C=C1c1ccccc1. The number of para-hydroxylation sites is 1. The van der Waals surface area contributed by atoms with E-state index in [1.165, 1.54) is 0 Å². The molecule has 0 amide bonds. The molecule has 43 heavy (non-hydrogen) atoms. The van der Waals surface area contributed by atoms with Crippen molar-refractivity contribution in [1.82, 2.24) is 15.0 Å². The topological polar surface area (TPSA) is 77.0 Å². The average molecular weight is 561 g/mol. The lowest BCUT2D eigenvalue weighted by atomic mass is 9.70. The Bertz CT molecular complexity index is 1980. The number of aromatic nitrogens is 3. The van der Waals surface area contributed by atoms with Gasteiger partial charge in [-0.3, -0.25) is 5.21 Å². The van der Waals surface area contributed by atoms with Crippen molar-refractivity contribution in [2.45, 2.75) is 5.54 Å². The van der Waals surface area contributed by atoms with Crippen molar-refractivity contribution in [3.05, 3.63) is 180 Å². The largest absolute Gasteiger partial charge is 0.417 e. The van der Waals surface area contributed by atoms with Crippen LogP contribution in [0.2, 0.25) is 0 Å². The van der Waals surface area contributed by atoms with E-state index in [9.17, 15) is 10.4 Å². The lowest BCUT2D eigenvalue weighted by molar-refractivity contribution is -0.724. The summed E-state index contributed by atoms with van der Waals surface area (Å²) in [6.45, 7) is 0. The van der Waals surface area contributed by atoms with Crippen LogP contribution in [0.3, 0.4) is 0 Å². The van der Waals surface area contributed by atoms with Gasteiger partial charge in [-0.1, -0.05) is 145 Å². The molecule has 1 aliphatic carbocycles. The van der Waals surface area contributed by atoms with Crippen molar-refractivity contribution in [3.63, 3.8) is 0 Å². The zero-order valence-corrected chi connectivity index (χ0v) is 23.2. The summed E-state index contributed by atoms with van der Waals surface area (Å²) in [6, 6.07) is 46.7. The van der Waals surface area contributed by atoms with Gasteiger partial charge >= 0.3 is 0 Å². The minimum absolute atomic E-state index is 0.0602. The van der Waals surface area contributed by atoms with Crippen LogP contribution in [0.25, 0.3) is 27.7 Å². The van der Waals surface area contributed by atoms with Gasteiger partial charge in [0.15, 0.2) is 0 Å². The zero-order chi connectivity index (χ0) is 29.2. The summed E-state index contributed by atoms with van der Waals surface area (Å²) in [5.41, 5.74) is 6.63. The second-order valence-corrected chi connectivity index (χ2v) is 10.6. The zero-order valence-electron chi connectivity index (χ0n) is 23.2. The minimum Gasteiger partial charge on any atom is -0.417 e. The van der Waals surface area contributed by atoms with Gasteiger partial charge in [0.25, 0.3) is 5.71 Å². The van der Waals surface area contributed by atoms with E-state index in [4.69, 9.17) is 5.21 Å². The Morgan fingerprint density at radius 1 is 0.651 bits per heavy atom. The third-order valence-corrected chi connectivity index (χ3v) is 8.19. The molecule has 1 N–H and O–H groups in total. The van der Waals surface area contributed by atoms with E-state index in [2.05, 4.69) is 59.7 Å². The van der Waals surface area contributed by atoms with Gasteiger partial charge in [-0.2, -0.15) is 0 Å². The van der Waals surface area contributed by atoms with Crippen LogP contribution in [-0.4, -0.2) is 30.8 Å². The highest BCUT2D eigenvalue weighted by molar-refractivity contribution is 6.27. The van der Waals surface area contributed by atoms with Gasteiger partial charge in [-0.25, -0.2) is 4.68 Å². The number of nitrogens with zero attached hydrogens (tertiary/aromatic N) is 4. The first-order valence-corrected chi connectivity index (χ1v) is 14.2. The molecule has 0 saturated carbocycles. The maximum Gasteiger partial charge on any atom is 0.275 e. The molecule has 6 aromatic rings. The summed E-state index contributed by atoms with van der Waals surface area (Å²) in [7, 11) is 0. The van der Waals surface area contributed by atoms with Crippen molar-refractivity contribution in [1.29, 1.82) is 0 Å². The Morgan fingerprint density at radius 2 is 1.21 bits per heavy atom. The smallest absolute Gasteiger partial charge is 0.275 e. The van der Waals surface area contributed by atoms with Gasteiger partial charge in [0, 0.05) is 16.9 Å². The summed E-state index contributed by atoms with van der Waals surface area (Å²) < 4.78 is 2.00. The Balaban J connectivity index is 1.54. The fraction of sp³-hybridized carbons (Fsp3) is 0.0541. The molecule has 5 aromatic carbocycles. The van der Waals surface area contributed by atoms with Crippen molar-refractivity contribution in [2.24, 2.45) is 5.92 Å². The van der Waals surface area contributed by atoms with Crippen LogP contribution in [0.15, 0.2) is 158 Å². The van der Waals surface area contributed by atoms with E-state index < -0.39 is 5.54 Å². The third kappa shape index (κ3) is 4.50. The molecule has 6 heteroatoms. The predicted molar refractivity (Wildman–Crippen MR) is 169 cm³/mol. The Labute approximate surface area is 249 Å². The molecule has 208 valence electrons. The maximum absolute atomic E-state index is 12.4. The average Bonchev–Trinajstić information content (AvgIpc) is 3.51. The maximum atomic E-state index is 12.4. The van der Waals surface area contributed by atoms with E-state index >= 15 is 0 Å². The number of allylic oxidation sites excluding steroid dienone is 4. The molecule has 0 fully saturated rings. The van der Waals surface area contributed by atoms with Crippen LogP contribution in [0.1, 0.15) is 16.7 Å². The van der Waals surface area contributed by atoms with Crippen LogP contribution in [0.5, 0.6) is 0 Å². The molecule has 2 unspecified atom stereocenters. The summed E-state index contributed by atoms with van der Waals surface area (Å²) in [6.07, 6.45) is 5.73. The number of rotatable bonds is 6. The third-order valence-electron chi connectivity index (χ3n) is 8.19. The van der Waals surface area contributed by atoms with Gasteiger partial charge in [0.2, 0.25) is 0 Å². The first-order valence-electron chi connectivity index (χ1n) is 14.2. The van der Waals surface area contributed by atoms with E-state index in [0.29, 0.717) is 5.57 Å². The van der Waals surface area contributed by atoms with Crippen molar-refractivity contribution < 1.29 is 10.1 Å². The summed E-state index contributed by atoms with van der Waals surface area (Å²) >= 11 is 0. The first-order chi connectivity index (χ1) is 21.2. The van der Waals surface area contributed by atoms with Crippen LogP contribution in [0, 0.1) is 11.1 Å². The molecule has 7 rings (SSSR count). The predicted octanol–water partition coefficient (Wildman–Crippen LogP) is 7.50. The van der Waals surface area contributed by atoms with Gasteiger partial charge < -0.3 is 5.21 Å². The summed E-state index contributed by atoms with van der Waals surface area (Å²) in [5, 5.41) is 31.9. The van der Waals surface area contributed by atoms with Crippen LogP contribution >= 0.6 is 0 Å². The second-order valence-electron chi connectivity index (χ2n) is 10.6. The van der Waals surface area contributed by atoms with Crippen LogP contribution < -0.4 is 0 Å². The van der Waals surface area contributed by atoms with E-state index in [1.54, 1.807) is 6.08 Å². The van der Waals surface area contributed by atoms with E-state index in [1.807, 2.05) is 102 Å². The lowest BCUT2D eigenvalue weighted by Gasteiger charge is -2.41. The van der Waals surface area contributed by atoms with Crippen molar-refractivity contribution in [2.75, 3.05) is 0 Å². The summed E-state index contributed by atoms with van der Waals surface area (Å²) in [4.78, 5) is -0.0602. The Hall–Kier alpha value is -5.75. The monoisotopic (exact) mass is 560 g/mol. The molecule has 0 bridgehead atoms. The van der Waals surface area contributed by atoms with Gasteiger partial charge in [0.1, 0.15) is 11.1 Å². The quantitative estimate of drug-likeness (QED) is 0.130. The van der Waals surface area contributed by atoms with Crippen LogP contribution in [-0.2, 0) is 5.54 Å². The Kier molecular flexibility index (Phi) is 6.64. The minimum atomic E-state index is -0.905. The molecule has 2 atom stereocenters. The molecule has 0 spiro atoms. The molecule has 0 radical (unpaired) electrons. The molecule has 1 aromatic heterocycles. The number of benzene rings is 5. The van der Waals surface area contributed by atoms with E-state index in [0.717, 1.165) is 38.9 Å². The highest BCUT2D eigenvalue weighted by atomic mass is 16.8.